The number of benzene rings is 2. The fourth-order valence-electron chi connectivity index (χ4n) is 9.59. The lowest BCUT2D eigenvalue weighted by Crippen LogP contribution is -2.51. The number of ether oxygens (including phenoxy) is 2. The van der Waals surface area contributed by atoms with Crippen molar-refractivity contribution in [2.75, 3.05) is 50.8 Å². The van der Waals surface area contributed by atoms with Crippen molar-refractivity contribution in [3.63, 3.8) is 0 Å². The number of hydrogen-bond donors (Lipinski definition) is 1. The van der Waals surface area contributed by atoms with Gasteiger partial charge in [-0.1, -0.05) is 30.7 Å². The van der Waals surface area contributed by atoms with Gasteiger partial charge in [-0.15, -0.1) is 0 Å². The first kappa shape index (κ1) is 34.4. The molecule has 2 aromatic carbocycles. The van der Waals surface area contributed by atoms with Gasteiger partial charge in [-0.25, -0.2) is 17.5 Å². The van der Waals surface area contributed by atoms with Crippen molar-refractivity contribution < 1.29 is 27.1 Å². The van der Waals surface area contributed by atoms with E-state index in [9.17, 15) is 13.2 Å². The molecule has 1 saturated carbocycles. The normalized spacial score (nSPS) is 33.6. The zero-order valence-corrected chi connectivity index (χ0v) is 30.7. The summed E-state index contributed by atoms with van der Waals surface area (Å²) >= 11 is 6.27. The molecule has 2 fully saturated rings. The first-order valence-corrected chi connectivity index (χ1v) is 20.5. The van der Waals surface area contributed by atoms with Crippen LogP contribution in [0.1, 0.15) is 80.3 Å². The van der Waals surface area contributed by atoms with Crippen LogP contribution in [0.5, 0.6) is 5.75 Å². The van der Waals surface area contributed by atoms with E-state index in [0.717, 1.165) is 69.5 Å². The highest BCUT2D eigenvalue weighted by molar-refractivity contribution is 7.90. The second-order valence-electron chi connectivity index (χ2n) is 15.9. The fourth-order valence-corrected chi connectivity index (χ4v) is 11.1. The second-order valence-corrected chi connectivity index (χ2v) is 18.3. The molecule has 8 nitrogen and oxygen atoms in total. The van der Waals surface area contributed by atoms with E-state index in [1.165, 1.54) is 18.4 Å². The van der Waals surface area contributed by atoms with Gasteiger partial charge >= 0.3 is 0 Å². The zero-order valence-electron chi connectivity index (χ0n) is 29.1. The van der Waals surface area contributed by atoms with Crippen molar-refractivity contribution >= 4 is 33.2 Å². The van der Waals surface area contributed by atoms with Crippen molar-refractivity contribution in [3.8, 4) is 5.75 Å². The fraction of sp³-hybridized carbons (Fsp3) is 0.615. The van der Waals surface area contributed by atoms with Crippen molar-refractivity contribution in [2.45, 2.75) is 82.0 Å². The summed E-state index contributed by atoms with van der Waals surface area (Å²) in [6.45, 7) is 9.22. The SMILES string of the molecule is C[C@@H]1[C@@H](C)S(=O)(=O)NC(=O)c2ccc3c(c2)N(C[C@@H]2CC[C@H]2[C@@H](OCCN2CCCC2)C2=C[C@H]1C2)C[C@@]1(CCCc2c1ccc(Cl)c2F)CO3. The number of sulfonamides is 1. The number of carbonyl (C=O) groups is 1. The molecule has 0 radical (unpaired) electrons. The summed E-state index contributed by atoms with van der Waals surface area (Å²) in [7, 11) is -3.95. The predicted octanol–water partition coefficient (Wildman–Crippen LogP) is 6.50. The molecule has 7 aliphatic rings. The summed E-state index contributed by atoms with van der Waals surface area (Å²) in [4.78, 5) is 18.4. The van der Waals surface area contributed by atoms with Gasteiger partial charge in [0.25, 0.3) is 5.91 Å². The molecule has 4 bridgehead atoms. The van der Waals surface area contributed by atoms with Gasteiger partial charge in [0.15, 0.2) is 0 Å². The van der Waals surface area contributed by atoms with E-state index in [2.05, 4.69) is 20.6 Å². The molecule has 2 aromatic rings. The molecular weight excluding hydrogens is 677 g/mol. The largest absolute Gasteiger partial charge is 0.490 e. The number of fused-ring (bicyclic) bond motifs is 6. The smallest absolute Gasteiger partial charge is 0.264 e. The van der Waals surface area contributed by atoms with E-state index >= 15 is 4.39 Å². The number of nitrogens with one attached hydrogen (secondary N) is 1. The van der Waals surface area contributed by atoms with Crippen LogP contribution in [0.15, 0.2) is 42.0 Å². The summed E-state index contributed by atoms with van der Waals surface area (Å²) in [6.07, 6.45) is 9.96. The molecule has 0 unspecified atom stereocenters. The lowest BCUT2D eigenvalue weighted by molar-refractivity contribution is -0.0314. The van der Waals surface area contributed by atoms with E-state index in [1.807, 2.05) is 13.0 Å². The number of amides is 1. The van der Waals surface area contributed by atoms with Crippen LogP contribution in [0.25, 0.3) is 0 Å². The average Bonchev–Trinajstić information content (AvgIpc) is 3.53. The van der Waals surface area contributed by atoms with Crippen molar-refractivity contribution in [1.82, 2.24) is 9.62 Å². The minimum atomic E-state index is -3.95. The molecule has 0 aromatic heterocycles. The third-order valence-electron chi connectivity index (χ3n) is 13.0. The highest BCUT2D eigenvalue weighted by atomic mass is 35.5. The highest BCUT2D eigenvalue weighted by Crippen LogP contribution is 2.50. The monoisotopic (exact) mass is 725 g/mol. The van der Waals surface area contributed by atoms with Crippen LogP contribution in [-0.4, -0.2) is 76.5 Å². The Balaban J connectivity index is 1.17. The molecule has 11 heteroatoms. The van der Waals surface area contributed by atoms with E-state index in [1.54, 1.807) is 31.2 Å². The van der Waals surface area contributed by atoms with E-state index in [4.69, 9.17) is 21.1 Å². The van der Waals surface area contributed by atoms with Gasteiger partial charge in [0.05, 0.1) is 35.3 Å². The summed E-state index contributed by atoms with van der Waals surface area (Å²) in [5.74, 6) is 0.278. The van der Waals surface area contributed by atoms with E-state index in [0.29, 0.717) is 49.3 Å². The van der Waals surface area contributed by atoms with Crippen LogP contribution >= 0.6 is 11.6 Å². The minimum absolute atomic E-state index is 0.00559. The molecule has 1 amide bonds. The molecule has 7 atom stereocenters. The van der Waals surface area contributed by atoms with Crippen molar-refractivity contribution in [3.05, 3.63) is 69.5 Å². The van der Waals surface area contributed by atoms with Gasteiger partial charge in [0, 0.05) is 30.6 Å². The van der Waals surface area contributed by atoms with Gasteiger partial charge in [-0.05, 0) is 136 Å². The summed E-state index contributed by atoms with van der Waals surface area (Å²) in [5.41, 5.74) is 3.44. The van der Waals surface area contributed by atoms with Gasteiger partial charge in [-0.2, -0.15) is 0 Å². The Kier molecular flexibility index (Phi) is 9.22. The zero-order chi connectivity index (χ0) is 34.8. The first-order chi connectivity index (χ1) is 24.0. The Bertz CT molecular complexity index is 1800. The van der Waals surface area contributed by atoms with Crippen molar-refractivity contribution in [2.24, 2.45) is 23.7 Å². The number of likely N-dealkylation sites (tertiary alicyclic amines) is 1. The molecule has 1 N–H and O–H groups in total. The van der Waals surface area contributed by atoms with Gasteiger partial charge < -0.3 is 19.3 Å². The van der Waals surface area contributed by atoms with Crippen molar-refractivity contribution in [1.29, 1.82) is 0 Å². The Hall–Kier alpha value is -2.66. The van der Waals surface area contributed by atoms with Crippen LogP contribution < -0.4 is 14.4 Å². The van der Waals surface area contributed by atoms with Crippen LogP contribution in [0.2, 0.25) is 5.02 Å². The number of allylic oxidation sites excluding steroid dienone is 1. The topological polar surface area (TPSA) is 88.2 Å². The molecular formula is C39H49ClFN3O5S. The predicted molar refractivity (Wildman–Crippen MR) is 193 cm³/mol. The standard InChI is InChI=1S/C39H49ClFN3O5S/c1-24-25(2)50(46,47)42-38(45)26-8-12-35-34(20-26)44(22-39(23-49-35)13-5-6-31-32(39)10-11-33(40)36(31)41)21-27-7-9-30(27)37(29-18-28(24)19-29)48-17-16-43-14-3-4-15-43/h8,10-12,18,20,24-25,27-28,30,37H,3-7,9,13-17,19,21-23H2,1-2H3,(H,42,45)/t24-,25-,27+,28+,30-,37+,39+/m1/s1. The maximum atomic E-state index is 15.5. The van der Waals surface area contributed by atoms with Gasteiger partial charge in [-0.3, -0.25) is 4.79 Å². The molecule has 1 spiro atoms. The Morgan fingerprint density at radius 3 is 2.68 bits per heavy atom. The summed E-state index contributed by atoms with van der Waals surface area (Å²) < 4.78 is 58.4. The molecule has 4 aliphatic heterocycles. The maximum absolute atomic E-state index is 15.5. The van der Waals surface area contributed by atoms with Crippen LogP contribution in [-0.2, 0) is 26.6 Å². The Morgan fingerprint density at radius 2 is 1.92 bits per heavy atom. The lowest BCUT2D eigenvalue weighted by Gasteiger charge is -2.48. The third kappa shape index (κ3) is 6.16. The first-order valence-electron chi connectivity index (χ1n) is 18.6. The highest BCUT2D eigenvalue weighted by Gasteiger charge is 2.47. The number of anilines is 1. The summed E-state index contributed by atoms with van der Waals surface area (Å²) in [6, 6.07) is 8.84. The third-order valence-corrected chi connectivity index (χ3v) is 15.2. The molecule has 1 saturated heterocycles. The molecule has 3 aliphatic carbocycles. The molecule has 4 heterocycles. The van der Waals surface area contributed by atoms with Crippen LogP contribution in [0.3, 0.4) is 0 Å². The van der Waals surface area contributed by atoms with Crippen LogP contribution in [0, 0.1) is 29.5 Å². The average molecular weight is 726 g/mol. The summed E-state index contributed by atoms with van der Waals surface area (Å²) in [5, 5.41) is -0.618. The molecule has 9 rings (SSSR count). The quantitative estimate of drug-likeness (QED) is 0.360. The lowest BCUT2D eigenvalue weighted by atomic mass is 9.64. The second kappa shape index (κ2) is 13.4. The number of rotatable bonds is 4. The minimum Gasteiger partial charge on any atom is -0.490 e. The molecule has 50 heavy (non-hydrogen) atoms. The maximum Gasteiger partial charge on any atom is 0.264 e. The van der Waals surface area contributed by atoms with Crippen LogP contribution in [0.4, 0.5) is 10.1 Å². The number of halogens is 2. The van der Waals surface area contributed by atoms with E-state index < -0.39 is 26.6 Å². The van der Waals surface area contributed by atoms with Gasteiger partial charge in [0.2, 0.25) is 10.0 Å². The number of nitrogens with zero attached hydrogens (tertiary/aromatic N) is 2. The Labute approximate surface area is 300 Å². The number of hydrogen-bond acceptors (Lipinski definition) is 7. The van der Waals surface area contributed by atoms with Gasteiger partial charge in [0.1, 0.15) is 11.6 Å². The Morgan fingerprint density at radius 1 is 1.12 bits per heavy atom. The molecule has 270 valence electrons. The number of carbonyl (C=O) groups excluding carboxylic acids is 1. The van der Waals surface area contributed by atoms with E-state index in [-0.39, 0.29) is 34.3 Å².